The Morgan fingerprint density at radius 3 is 3.05 bits per heavy atom. The van der Waals surface area contributed by atoms with Gasteiger partial charge in [0.2, 0.25) is 16.9 Å². The lowest BCUT2D eigenvalue weighted by Gasteiger charge is -2.01. The second-order valence-electron chi connectivity index (χ2n) is 4.35. The van der Waals surface area contributed by atoms with Crippen LogP contribution in [-0.4, -0.2) is 36.9 Å². The average molecular weight is 341 g/mol. The van der Waals surface area contributed by atoms with Gasteiger partial charge in [-0.25, -0.2) is 0 Å². The first-order valence-electron chi connectivity index (χ1n) is 6.62. The number of aromatic nitrogens is 4. The summed E-state index contributed by atoms with van der Waals surface area (Å²) in [5, 5.41) is 21.3. The third kappa shape index (κ3) is 5.11. The Hall–Kier alpha value is -1.94. The van der Waals surface area contributed by atoms with Gasteiger partial charge in [0.15, 0.2) is 5.16 Å². The van der Waals surface area contributed by atoms with Crippen LogP contribution in [-0.2, 0) is 11.2 Å². The van der Waals surface area contributed by atoms with Gasteiger partial charge in [0.25, 0.3) is 5.56 Å². The predicted octanol–water partition coefficient (Wildman–Crippen LogP) is 1.40. The fourth-order valence-electron chi connectivity index (χ4n) is 1.51. The largest absolute Gasteiger partial charge is 0.493 e. The van der Waals surface area contributed by atoms with Gasteiger partial charge >= 0.3 is 0 Å². The van der Waals surface area contributed by atoms with Gasteiger partial charge in [0.1, 0.15) is 5.01 Å². The molecule has 2 aromatic rings. The van der Waals surface area contributed by atoms with Crippen LogP contribution in [0.4, 0.5) is 5.13 Å². The van der Waals surface area contributed by atoms with Crippen molar-refractivity contribution in [1.29, 1.82) is 0 Å². The normalized spacial score (nSPS) is 10.6. The quantitative estimate of drug-likeness (QED) is 0.514. The fraction of sp³-hybridized carbons (Fsp3) is 0.417. The lowest BCUT2D eigenvalue weighted by atomic mass is 10.3. The minimum Gasteiger partial charge on any atom is -0.493 e. The summed E-state index contributed by atoms with van der Waals surface area (Å²) < 4.78 is 0. The molecule has 0 fully saturated rings. The Bertz CT molecular complexity index is 700. The number of aryl methyl sites for hydroxylation is 1. The maximum absolute atomic E-state index is 11.8. The summed E-state index contributed by atoms with van der Waals surface area (Å²) in [5.74, 6) is -0.624. The van der Waals surface area contributed by atoms with Crippen molar-refractivity contribution in [2.24, 2.45) is 0 Å². The first kappa shape index (κ1) is 16.4. The van der Waals surface area contributed by atoms with Crippen molar-refractivity contribution in [2.75, 3.05) is 11.1 Å². The summed E-state index contributed by atoms with van der Waals surface area (Å²) in [7, 11) is 0. The van der Waals surface area contributed by atoms with E-state index in [0.29, 0.717) is 5.13 Å². The van der Waals surface area contributed by atoms with Crippen molar-refractivity contribution in [3.8, 4) is 5.88 Å². The summed E-state index contributed by atoms with van der Waals surface area (Å²) >= 11 is 2.37. The molecule has 2 heterocycles. The molecule has 0 aliphatic rings. The molecule has 8 nitrogen and oxygen atoms in total. The highest BCUT2D eigenvalue weighted by molar-refractivity contribution is 7.99. The minimum absolute atomic E-state index is 0.0380. The Kier molecular flexibility index (Phi) is 5.90. The van der Waals surface area contributed by atoms with Crippen molar-refractivity contribution in [3.63, 3.8) is 0 Å². The number of carbonyl (C=O) groups is 1. The fourth-order valence-corrected chi connectivity index (χ4v) is 2.98. The molecule has 0 saturated heterocycles. The summed E-state index contributed by atoms with van der Waals surface area (Å²) in [6.07, 6.45) is 2.97. The zero-order valence-electron chi connectivity index (χ0n) is 11.8. The summed E-state index contributed by atoms with van der Waals surface area (Å²) in [6.45, 7) is 2.10. The lowest BCUT2D eigenvalue weighted by molar-refractivity contribution is -0.113. The number of aromatic hydroxyl groups is 1. The summed E-state index contributed by atoms with van der Waals surface area (Å²) in [6, 6.07) is 0.962. The predicted molar refractivity (Wildman–Crippen MR) is 84.4 cm³/mol. The lowest BCUT2D eigenvalue weighted by Crippen LogP contribution is -2.15. The molecule has 0 unspecified atom stereocenters. The first-order chi connectivity index (χ1) is 10.6. The summed E-state index contributed by atoms with van der Waals surface area (Å²) in [5.41, 5.74) is -0.472. The number of carbonyl (C=O) groups excluding carboxylic acids is 1. The Morgan fingerprint density at radius 1 is 1.50 bits per heavy atom. The number of hydrogen-bond donors (Lipinski definition) is 3. The molecule has 0 aromatic carbocycles. The molecule has 3 N–H and O–H groups in total. The highest BCUT2D eigenvalue weighted by atomic mass is 32.2. The van der Waals surface area contributed by atoms with Crippen LogP contribution in [0.1, 0.15) is 24.8 Å². The van der Waals surface area contributed by atoms with Crippen LogP contribution in [0.15, 0.2) is 16.0 Å². The molecule has 0 saturated carbocycles. The molecule has 0 spiro atoms. The smallest absolute Gasteiger partial charge is 0.255 e. The van der Waals surface area contributed by atoms with Crippen molar-refractivity contribution >= 4 is 34.1 Å². The number of amides is 1. The maximum atomic E-state index is 11.8. The molecule has 0 aliphatic heterocycles. The van der Waals surface area contributed by atoms with E-state index in [1.165, 1.54) is 11.3 Å². The monoisotopic (exact) mass is 341 g/mol. The van der Waals surface area contributed by atoms with Gasteiger partial charge < -0.3 is 10.1 Å². The SMILES string of the molecule is CCCCc1nnc(NC(=O)CSc2nc(O)cc(=O)[nH]2)s1. The third-order valence-electron chi connectivity index (χ3n) is 2.50. The minimum atomic E-state index is -0.472. The van der Waals surface area contributed by atoms with Crippen LogP contribution in [0.3, 0.4) is 0 Å². The average Bonchev–Trinajstić information content (AvgIpc) is 2.89. The zero-order chi connectivity index (χ0) is 15.9. The van der Waals surface area contributed by atoms with E-state index in [9.17, 15) is 14.7 Å². The number of rotatable bonds is 7. The van der Waals surface area contributed by atoms with Gasteiger partial charge in [-0.05, 0) is 6.42 Å². The number of hydrogen-bond acceptors (Lipinski definition) is 8. The van der Waals surface area contributed by atoms with Gasteiger partial charge in [-0.2, -0.15) is 4.98 Å². The highest BCUT2D eigenvalue weighted by Crippen LogP contribution is 2.18. The van der Waals surface area contributed by atoms with E-state index in [4.69, 9.17) is 0 Å². The van der Waals surface area contributed by atoms with Gasteiger partial charge in [0.05, 0.1) is 11.8 Å². The van der Waals surface area contributed by atoms with Crippen LogP contribution < -0.4 is 10.9 Å². The number of anilines is 1. The standard InChI is InChI=1S/C12H15N5O3S2/c1-2-3-4-10-16-17-12(22-10)15-9(20)6-21-11-13-7(18)5-8(19)14-11/h5H,2-4,6H2,1H3,(H,15,17,20)(H2,13,14,18,19). The van der Waals surface area contributed by atoms with Crippen LogP contribution in [0.2, 0.25) is 0 Å². The van der Waals surface area contributed by atoms with Crippen LogP contribution in [0.25, 0.3) is 0 Å². The second-order valence-corrected chi connectivity index (χ2v) is 6.38. The van der Waals surface area contributed by atoms with E-state index in [1.807, 2.05) is 0 Å². The molecule has 2 rings (SSSR count). The molecule has 2 aromatic heterocycles. The molecule has 0 atom stereocenters. The van der Waals surface area contributed by atoms with Gasteiger partial charge in [-0.1, -0.05) is 36.4 Å². The van der Waals surface area contributed by atoms with E-state index in [-0.39, 0.29) is 22.7 Å². The van der Waals surface area contributed by atoms with E-state index >= 15 is 0 Å². The van der Waals surface area contributed by atoms with E-state index < -0.39 is 5.56 Å². The number of H-pyrrole nitrogens is 1. The topological polar surface area (TPSA) is 121 Å². The van der Waals surface area contributed by atoms with Crippen molar-refractivity contribution < 1.29 is 9.90 Å². The van der Waals surface area contributed by atoms with Crippen molar-refractivity contribution in [2.45, 2.75) is 31.3 Å². The molecular formula is C12H15N5O3S2. The Labute approximate surface area is 134 Å². The van der Waals surface area contributed by atoms with Gasteiger partial charge in [-0.15, -0.1) is 10.2 Å². The molecular weight excluding hydrogens is 326 g/mol. The number of unbranched alkanes of at least 4 members (excludes halogenated alkanes) is 1. The number of thioether (sulfide) groups is 1. The van der Waals surface area contributed by atoms with E-state index in [1.54, 1.807) is 0 Å². The molecule has 10 heteroatoms. The Morgan fingerprint density at radius 2 is 2.32 bits per heavy atom. The van der Waals surface area contributed by atoms with E-state index in [2.05, 4.69) is 32.4 Å². The second kappa shape index (κ2) is 7.90. The first-order valence-corrected chi connectivity index (χ1v) is 8.42. The molecule has 1 amide bonds. The number of nitrogens with one attached hydrogen (secondary N) is 2. The molecule has 22 heavy (non-hydrogen) atoms. The molecule has 0 bridgehead atoms. The number of aromatic amines is 1. The van der Waals surface area contributed by atoms with E-state index in [0.717, 1.165) is 42.1 Å². The van der Waals surface area contributed by atoms with Crippen LogP contribution in [0.5, 0.6) is 5.88 Å². The van der Waals surface area contributed by atoms with Gasteiger partial charge in [0, 0.05) is 6.42 Å². The number of nitrogens with zero attached hydrogens (tertiary/aromatic N) is 3. The van der Waals surface area contributed by atoms with Crippen LogP contribution >= 0.6 is 23.1 Å². The third-order valence-corrected chi connectivity index (χ3v) is 4.28. The van der Waals surface area contributed by atoms with Crippen molar-refractivity contribution in [3.05, 3.63) is 21.4 Å². The van der Waals surface area contributed by atoms with Crippen LogP contribution in [0, 0.1) is 0 Å². The Balaban J connectivity index is 1.85. The molecule has 0 radical (unpaired) electrons. The highest BCUT2D eigenvalue weighted by Gasteiger charge is 2.10. The zero-order valence-corrected chi connectivity index (χ0v) is 13.5. The maximum Gasteiger partial charge on any atom is 0.255 e. The molecule has 0 aliphatic carbocycles. The van der Waals surface area contributed by atoms with Gasteiger partial charge in [-0.3, -0.25) is 14.9 Å². The van der Waals surface area contributed by atoms with Crippen molar-refractivity contribution in [1.82, 2.24) is 20.2 Å². The molecule has 118 valence electrons. The summed E-state index contributed by atoms with van der Waals surface area (Å²) in [4.78, 5) is 29.1.